The molecule has 1 aliphatic rings. The molecule has 1 heterocycles. The first kappa shape index (κ1) is 14.4. The van der Waals surface area contributed by atoms with Crippen molar-refractivity contribution in [2.24, 2.45) is 0 Å². The summed E-state index contributed by atoms with van der Waals surface area (Å²) in [5.74, 6) is -2.10. The Morgan fingerprint density at radius 3 is 2.48 bits per heavy atom. The Kier molecular flexibility index (Phi) is 3.83. The number of hydrogen-bond donors (Lipinski definition) is 1. The molecule has 0 saturated carbocycles. The zero-order valence-electron chi connectivity index (χ0n) is 11.0. The molecule has 0 spiro atoms. The van der Waals surface area contributed by atoms with Crippen molar-refractivity contribution in [3.8, 4) is 5.75 Å². The van der Waals surface area contributed by atoms with Gasteiger partial charge in [-0.25, -0.2) is 0 Å². The summed E-state index contributed by atoms with van der Waals surface area (Å²) in [6.45, 7) is -0.590. The largest absolute Gasteiger partial charge is 0.490 e. The number of nitro benzene ring substituents is 1. The van der Waals surface area contributed by atoms with E-state index in [0.29, 0.717) is 0 Å². The molecule has 1 aromatic rings. The van der Waals surface area contributed by atoms with Crippen molar-refractivity contribution in [1.29, 1.82) is 0 Å². The molecule has 0 aliphatic carbocycles. The number of piperazine rings is 1. The number of para-hydroxylation sites is 1. The smallest absolute Gasteiger partial charge is 0.311 e. The molecule has 9 heteroatoms. The van der Waals surface area contributed by atoms with Crippen molar-refractivity contribution in [1.82, 2.24) is 10.2 Å². The van der Waals surface area contributed by atoms with Gasteiger partial charge in [0, 0.05) is 6.07 Å². The minimum absolute atomic E-state index is 0.0748. The fourth-order valence-corrected chi connectivity index (χ4v) is 2.00. The van der Waals surface area contributed by atoms with Crippen LogP contribution in [-0.2, 0) is 9.59 Å². The van der Waals surface area contributed by atoms with Crippen molar-refractivity contribution in [3.05, 3.63) is 33.9 Å². The minimum atomic E-state index is -0.682. The van der Waals surface area contributed by atoms with Crippen LogP contribution in [0.4, 0.5) is 5.69 Å². The lowest BCUT2D eigenvalue weighted by Crippen LogP contribution is -2.53. The quantitative estimate of drug-likeness (QED) is 0.464. The second-order valence-electron chi connectivity index (χ2n) is 4.25. The normalized spacial score (nSPS) is 14.6. The van der Waals surface area contributed by atoms with Crippen LogP contribution in [0.25, 0.3) is 0 Å². The third-order valence-electron chi connectivity index (χ3n) is 2.86. The van der Waals surface area contributed by atoms with Crippen molar-refractivity contribution in [2.45, 2.75) is 0 Å². The van der Waals surface area contributed by atoms with E-state index in [4.69, 9.17) is 4.74 Å². The number of hydrogen-bond acceptors (Lipinski definition) is 6. The van der Waals surface area contributed by atoms with Gasteiger partial charge in [-0.1, -0.05) is 6.07 Å². The molecule has 1 aromatic carbocycles. The van der Waals surface area contributed by atoms with Gasteiger partial charge in [0.15, 0.2) is 0 Å². The number of imide groups is 1. The summed E-state index contributed by atoms with van der Waals surface area (Å²) in [6.07, 6.45) is 0. The first-order chi connectivity index (χ1) is 9.93. The summed E-state index contributed by atoms with van der Waals surface area (Å²) >= 11 is 0. The molecule has 1 N–H and O–H groups in total. The number of methoxy groups -OCH3 is 1. The van der Waals surface area contributed by atoms with E-state index in [1.54, 1.807) is 0 Å². The maximum atomic E-state index is 12.3. The highest BCUT2D eigenvalue weighted by molar-refractivity contribution is 6.06. The van der Waals surface area contributed by atoms with E-state index in [1.165, 1.54) is 25.3 Å². The van der Waals surface area contributed by atoms with Gasteiger partial charge < -0.3 is 9.64 Å². The predicted molar refractivity (Wildman–Crippen MR) is 68.7 cm³/mol. The standard InChI is InChI=1S/C12H11N3O6/c1-21-11-7(3-2-4-8(11)15(19)20)12(18)14-5-9(16)13-10(17)6-14/h2-4H,5-6H2,1H3,(H,13,16,17). The van der Waals surface area contributed by atoms with Gasteiger partial charge in [-0.15, -0.1) is 0 Å². The van der Waals surface area contributed by atoms with E-state index in [9.17, 15) is 24.5 Å². The van der Waals surface area contributed by atoms with Crippen LogP contribution in [0.2, 0.25) is 0 Å². The third kappa shape index (κ3) is 2.81. The lowest BCUT2D eigenvalue weighted by molar-refractivity contribution is -0.385. The molecule has 1 saturated heterocycles. The summed E-state index contributed by atoms with van der Waals surface area (Å²) in [5.41, 5.74) is -0.440. The average molecular weight is 293 g/mol. The van der Waals surface area contributed by atoms with Gasteiger partial charge in [-0.3, -0.25) is 29.8 Å². The van der Waals surface area contributed by atoms with Crippen molar-refractivity contribution >= 4 is 23.4 Å². The number of rotatable bonds is 3. The molecular formula is C12H11N3O6. The van der Waals surface area contributed by atoms with Crippen LogP contribution in [0.15, 0.2) is 18.2 Å². The van der Waals surface area contributed by atoms with Gasteiger partial charge in [0.25, 0.3) is 5.91 Å². The Morgan fingerprint density at radius 1 is 1.33 bits per heavy atom. The number of nitro groups is 1. The lowest BCUT2D eigenvalue weighted by Gasteiger charge is -2.25. The maximum absolute atomic E-state index is 12.3. The summed E-state index contributed by atoms with van der Waals surface area (Å²) in [5, 5.41) is 13.0. The van der Waals surface area contributed by atoms with Gasteiger partial charge in [0.05, 0.1) is 17.6 Å². The first-order valence-corrected chi connectivity index (χ1v) is 5.87. The molecule has 21 heavy (non-hydrogen) atoms. The first-order valence-electron chi connectivity index (χ1n) is 5.87. The van der Waals surface area contributed by atoms with Crippen LogP contribution < -0.4 is 10.1 Å². The monoisotopic (exact) mass is 293 g/mol. The molecule has 2 rings (SSSR count). The van der Waals surface area contributed by atoms with Gasteiger partial charge in [0.2, 0.25) is 17.6 Å². The maximum Gasteiger partial charge on any atom is 0.311 e. The fraction of sp³-hybridized carbons (Fsp3) is 0.250. The van der Waals surface area contributed by atoms with Crippen molar-refractivity contribution < 1.29 is 24.0 Å². The van der Waals surface area contributed by atoms with E-state index in [0.717, 1.165) is 4.90 Å². The minimum Gasteiger partial charge on any atom is -0.490 e. The van der Waals surface area contributed by atoms with Gasteiger partial charge in [-0.2, -0.15) is 0 Å². The SMILES string of the molecule is COc1c(C(=O)N2CC(=O)NC(=O)C2)cccc1[N+](=O)[O-]. The second-order valence-corrected chi connectivity index (χ2v) is 4.25. The molecule has 0 bridgehead atoms. The number of carbonyl (C=O) groups excluding carboxylic acids is 3. The molecule has 0 aromatic heterocycles. The highest BCUT2D eigenvalue weighted by Gasteiger charge is 2.31. The fourth-order valence-electron chi connectivity index (χ4n) is 2.00. The summed E-state index contributed by atoms with van der Waals surface area (Å²) < 4.78 is 4.93. The summed E-state index contributed by atoms with van der Waals surface area (Å²) in [4.78, 5) is 46.1. The molecule has 9 nitrogen and oxygen atoms in total. The van der Waals surface area contributed by atoms with Crippen LogP contribution in [0.3, 0.4) is 0 Å². The molecule has 0 atom stereocenters. The Balaban J connectivity index is 2.39. The van der Waals surface area contributed by atoms with E-state index in [-0.39, 0.29) is 30.1 Å². The van der Waals surface area contributed by atoms with E-state index < -0.39 is 22.6 Å². The zero-order valence-corrected chi connectivity index (χ0v) is 11.0. The Hall–Kier alpha value is -2.97. The highest BCUT2D eigenvalue weighted by Crippen LogP contribution is 2.31. The van der Waals surface area contributed by atoms with Gasteiger partial charge >= 0.3 is 5.69 Å². The topological polar surface area (TPSA) is 119 Å². The van der Waals surface area contributed by atoms with Crippen LogP contribution in [0.1, 0.15) is 10.4 Å². The average Bonchev–Trinajstić information content (AvgIpc) is 2.44. The van der Waals surface area contributed by atoms with E-state index in [1.807, 2.05) is 0 Å². The predicted octanol–water partition coefficient (Wildman–Crippen LogP) is -0.298. The molecular weight excluding hydrogens is 282 g/mol. The van der Waals surface area contributed by atoms with Crippen molar-refractivity contribution in [3.63, 3.8) is 0 Å². The van der Waals surface area contributed by atoms with Crippen molar-refractivity contribution in [2.75, 3.05) is 20.2 Å². The van der Waals surface area contributed by atoms with Crippen LogP contribution in [0, 0.1) is 10.1 Å². The number of ether oxygens (including phenoxy) is 1. The lowest BCUT2D eigenvalue weighted by atomic mass is 10.1. The van der Waals surface area contributed by atoms with Crippen LogP contribution >= 0.6 is 0 Å². The Bertz CT molecular complexity index is 626. The molecule has 3 amide bonds. The summed E-state index contributed by atoms with van der Waals surface area (Å²) in [7, 11) is 1.20. The van der Waals surface area contributed by atoms with Crippen LogP contribution in [0.5, 0.6) is 5.75 Å². The molecule has 0 radical (unpaired) electrons. The molecule has 0 unspecified atom stereocenters. The number of nitrogens with zero attached hydrogens (tertiary/aromatic N) is 2. The number of carbonyl (C=O) groups is 3. The number of benzene rings is 1. The van der Waals surface area contributed by atoms with Crippen LogP contribution in [-0.4, -0.2) is 47.7 Å². The summed E-state index contributed by atoms with van der Waals surface area (Å²) in [6, 6.07) is 3.87. The van der Waals surface area contributed by atoms with E-state index in [2.05, 4.69) is 5.32 Å². The highest BCUT2D eigenvalue weighted by atomic mass is 16.6. The molecule has 110 valence electrons. The van der Waals surface area contributed by atoms with E-state index >= 15 is 0 Å². The number of nitrogens with one attached hydrogen (secondary N) is 1. The number of amides is 3. The molecule has 1 fully saturated rings. The zero-order chi connectivity index (χ0) is 15.6. The third-order valence-corrected chi connectivity index (χ3v) is 2.86. The Labute approximate surface area is 118 Å². The molecule has 1 aliphatic heterocycles. The van der Waals surface area contributed by atoms with Gasteiger partial charge in [-0.05, 0) is 6.07 Å². The van der Waals surface area contributed by atoms with Gasteiger partial charge in [0.1, 0.15) is 13.1 Å². The Morgan fingerprint density at radius 2 is 1.95 bits per heavy atom. The second kappa shape index (κ2) is 5.57.